The van der Waals surface area contributed by atoms with Crippen LogP contribution in [0.3, 0.4) is 0 Å². The topological polar surface area (TPSA) is 0 Å². The normalized spacial score (nSPS) is 11.8. The van der Waals surface area contributed by atoms with E-state index in [1.54, 1.807) is 0 Å². The van der Waals surface area contributed by atoms with E-state index < -0.39 is 29.6 Å². The maximum atomic E-state index is 12.7. The van der Waals surface area contributed by atoms with Crippen LogP contribution in [0.4, 0.5) is 21.7 Å². The zero-order valence-corrected chi connectivity index (χ0v) is 6.62. The van der Waals surface area contributed by atoms with Gasteiger partial charge in [-0.3, -0.25) is 0 Å². The van der Waals surface area contributed by atoms with Crippen molar-refractivity contribution in [3.8, 4) is 0 Å². The van der Waals surface area contributed by atoms with Crippen molar-refractivity contribution >= 4 is 12.4 Å². The molecule has 0 saturated heterocycles. The van der Waals surface area contributed by atoms with Crippen LogP contribution in [0.2, 0.25) is 0 Å². The molecule has 13 heavy (non-hydrogen) atoms. The van der Waals surface area contributed by atoms with Crippen molar-refractivity contribution in [1.29, 1.82) is 0 Å². The predicted octanol–water partition coefficient (Wildman–Crippen LogP) is 2.33. The molecule has 0 saturated carbocycles. The van der Waals surface area contributed by atoms with Gasteiger partial charge in [0.15, 0.2) is 11.6 Å². The minimum atomic E-state index is -5.27. The minimum absolute atomic E-state index is 0.479. The molecule has 0 radical (unpaired) electrons. The fourth-order valence-corrected chi connectivity index (χ4v) is 1.02. The third kappa shape index (κ3) is 1.81. The summed E-state index contributed by atoms with van der Waals surface area (Å²) in [6.45, 7) is -4.36. The molecule has 0 amide bonds. The van der Waals surface area contributed by atoms with E-state index in [0.29, 0.717) is 12.1 Å². The molecule has 0 nitrogen and oxygen atoms in total. The number of hydrogen-bond donors (Lipinski definition) is 0. The first-order valence-electron chi connectivity index (χ1n) is 3.48. The Balaban J connectivity index is 3.35. The van der Waals surface area contributed by atoms with E-state index in [1.165, 1.54) is 0 Å². The zero-order valence-electron chi connectivity index (χ0n) is 6.62. The largest absolute Gasteiger partial charge is 0.509 e. The van der Waals surface area contributed by atoms with Gasteiger partial charge in [0.25, 0.3) is 0 Å². The Bertz CT molecular complexity index is 330. The van der Waals surface area contributed by atoms with Gasteiger partial charge < -0.3 is 12.9 Å². The average Bonchev–Trinajstić information content (AvgIpc) is 1.98. The molecule has 6 heteroatoms. The number of benzene rings is 1. The molecule has 1 aromatic rings. The third-order valence-electron chi connectivity index (χ3n) is 1.73. The zero-order chi connectivity index (χ0) is 10.2. The van der Waals surface area contributed by atoms with Crippen molar-refractivity contribution < 1.29 is 21.7 Å². The van der Waals surface area contributed by atoms with E-state index >= 15 is 0 Å². The van der Waals surface area contributed by atoms with Crippen molar-refractivity contribution in [2.45, 2.75) is 6.92 Å². The van der Waals surface area contributed by atoms with E-state index in [4.69, 9.17) is 0 Å². The van der Waals surface area contributed by atoms with Crippen LogP contribution in [0.1, 0.15) is 5.56 Å². The smallest absolute Gasteiger partial charge is 0.445 e. The van der Waals surface area contributed by atoms with Gasteiger partial charge in [0.2, 0.25) is 0 Å². The minimum Gasteiger partial charge on any atom is -0.445 e. The number of rotatable bonds is 1. The van der Waals surface area contributed by atoms with Gasteiger partial charge in [-0.2, -0.15) is 0 Å². The van der Waals surface area contributed by atoms with Crippen LogP contribution in [0, 0.1) is 18.6 Å². The van der Waals surface area contributed by atoms with Crippen molar-refractivity contribution in [1.82, 2.24) is 0 Å². The Hall–Kier alpha value is -1.07. The second-order valence-electron chi connectivity index (χ2n) is 2.65. The Labute approximate surface area is 71.4 Å². The summed E-state index contributed by atoms with van der Waals surface area (Å²) in [6, 6.07) is 1.03. The quantitative estimate of drug-likeness (QED) is 0.476. The Kier molecular flexibility index (Phi) is 2.32. The van der Waals surface area contributed by atoms with E-state index in [2.05, 4.69) is 0 Å². The first kappa shape index (κ1) is 10.0. The molecule has 0 unspecified atom stereocenters. The molecule has 0 aliphatic rings. The Morgan fingerprint density at radius 3 is 2.08 bits per heavy atom. The fourth-order valence-electron chi connectivity index (χ4n) is 1.02. The summed E-state index contributed by atoms with van der Waals surface area (Å²) in [5, 5.41) is 0. The highest BCUT2D eigenvalue weighted by Crippen LogP contribution is 2.15. The first-order chi connectivity index (χ1) is 5.84. The number of halogens is 5. The molecule has 1 aromatic carbocycles. The van der Waals surface area contributed by atoms with Gasteiger partial charge in [-0.1, -0.05) is 6.07 Å². The lowest BCUT2D eigenvalue weighted by Crippen LogP contribution is -2.36. The second-order valence-corrected chi connectivity index (χ2v) is 2.65. The van der Waals surface area contributed by atoms with Gasteiger partial charge in [-0.05, 0) is 18.6 Å². The molecule has 0 heterocycles. The molecule has 0 aliphatic heterocycles. The van der Waals surface area contributed by atoms with Gasteiger partial charge in [-0.25, -0.2) is 8.78 Å². The van der Waals surface area contributed by atoms with E-state index in [9.17, 15) is 21.7 Å². The van der Waals surface area contributed by atoms with Crippen LogP contribution in [-0.2, 0) is 0 Å². The Morgan fingerprint density at radius 2 is 1.62 bits per heavy atom. The van der Waals surface area contributed by atoms with Gasteiger partial charge in [0.1, 0.15) is 0 Å². The highest BCUT2D eigenvalue weighted by atomic mass is 19.4. The van der Waals surface area contributed by atoms with Gasteiger partial charge in [0, 0.05) is 0 Å². The van der Waals surface area contributed by atoms with Crippen molar-refractivity contribution in [3.63, 3.8) is 0 Å². The molecule has 0 aromatic heterocycles. The summed E-state index contributed by atoms with van der Waals surface area (Å²) in [7, 11) is 0. The van der Waals surface area contributed by atoms with Crippen LogP contribution in [-0.4, -0.2) is 6.98 Å². The van der Waals surface area contributed by atoms with Gasteiger partial charge in [0.05, 0.1) is 0 Å². The van der Waals surface area contributed by atoms with Crippen LogP contribution < -0.4 is 5.46 Å². The van der Waals surface area contributed by atoms with Crippen LogP contribution >= 0.6 is 0 Å². The molecule has 1 rings (SSSR count). The predicted molar refractivity (Wildman–Crippen MR) is 39.8 cm³/mol. The van der Waals surface area contributed by atoms with E-state index in [-0.39, 0.29) is 0 Å². The summed E-state index contributed by atoms with van der Waals surface area (Å²) in [4.78, 5) is 0. The first-order valence-corrected chi connectivity index (χ1v) is 3.48. The van der Waals surface area contributed by atoms with Gasteiger partial charge in [-0.15, -0.1) is 5.46 Å². The monoisotopic (exact) mass is 195 g/mol. The van der Waals surface area contributed by atoms with Crippen molar-refractivity contribution in [3.05, 3.63) is 29.3 Å². The summed E-state index contributed by atoms with van der Waals surface area (Å²) >= 11 is 0. The van der Waals surface area contributed by atoms with Gasteiger partial charge >= 0.3 is 6.98 Å². The lowest BCUT2D eigenvalue weighted by molar-refractivity contribution is 0.489. The summed E-state index contributed by atoms with van der Waals surface area (Å²) in [6.07, 6.45) is 0. The highest BCUT2D eigenvalue weighted by molar-refractivity contribution is 6.74. The van der Waals surface area contributed by atoms with E-state index in [1.807, 2.05) is 0 Å². The molecule has 0 N–H and O–H groups in total. The molecule has 0 atom stereocenters. The van der Waals surface area contributed by atoms with Crippen LogP contribution in [0.15, 0.2) is 12.1 Å². The van der Waals surface area contributed by atoms with Crippen molar-refractivity contribution in [2.75, 3.05) is 0 Å². The third-order valence-corrected chi connectivity index (χ3v) is 1.73. The lowest BCUT2D eigenvalue weighted by Gasteiger charge is -2.17. The fraction of sp³-hybridized carbons (Fsp3) is 0.143. The maximum Gasteiger partial charge on any atom is 0.509 e. The summed E-state index contributed by atoms with van der Waals surface area (Å²) in [5.41, 5.74) is -1.77. The molecule has 0 spiro atoms. The lowest BCUT2D eigenvalue weighted by atomic mass is 9.77. The molecule has 72 valence electrons. The molecular weight excluding hydrogens is 190 g/mol. The van der Waals surface area contributed by atoms with Crippen molar-refractivity contribution in [2.24, 2.45) is 0 Å². The highest BCUT2D eigenvalue weighted by Gasteiger charge is 2.28. The molecular formula is C7H5BF5-. The second kappa shape index (κ2) is 3.01. The average molecular weight is 195 g/mol. The van der Waals surface area contributed by atoms with Crippen LogP contribution in [0.5, 0.6) is 0 Å². The SMILES string of the molecule is Cc1c([B-](F)(F)F)ccc(F)c1F. The summed E-state index contributed by atoms with van der Waals surface area (Å²) < 4.78 is 61.5. The van der Waals surface area contributed by atoms with Crippen LogP contribution in [0.25, 0.3) is 0 Å². The molecule has 0 bridgehead atoms. The molecule has 0 aliphatic carbocycles. The number of hydrogen-bond acceptors (Lipinski definition) is 0. The van der Waals surface area contributed by atoms with E-state index in [0.717, 1.165) is 6.92 Å². The summed E-state index contributed by atoms with van der Waals surface area (Å²) in [5.74, 6) is -2.70. The maximum absolute atomic E-state index is 12.7. The Morgan fingerprint density at radius 1 is 1.08 bits per heavy atom. The molecule has 0 fully saturated rings. The standard InChI is InChI=1S/C7H5BF5/c1-4-5(8(11,12)13)2-3-6(9)7(4)10/h2-3H,1H3/q-1.